The van der Waals surface area contributed by atoms with Crippen LogP contribution in [0.3, 0.4) is 0 Å². The first-order chi connectivity index (χ1) is 12.3. The highest BCUT2D eigenvalue weighted by atomic mass is 19.1. The van der Waals surface area contributed by atoms with Crippen LogP contribution >= 0.6 is 0 Å². The minimum absolute atomic E-state index is 0.00781. The largest absolute Gasteiger partial charge is 0.366 e. The van der Waals surface area contributed by atoms with Crippen molar-refractivity contribution < 1.29 is 18.0 Å². The first-order valence-corrected chi connectivity index (χ1v) is 7.99. The summed E-state index contributed by atoms with van der Waals surface area (Å²) in [5.74, 6) is -2.12. The molecule has 1 aromatic carbocycles. The molecule has 1 aliphatic rings. The molecule has 26 heavy (non-hydrogen) atoms. The Bertz CT molecular complexity index is 887. The lowest BCUT2D eigenvalue weighted by Crippen LogP contribution is -2.33. The summed E-state index contributed by atoms with van der Waals surface area (Å²) in [6.07, 6.45) is -0.0687. The third-order valence-corrected chi connectivity index (χ3v) is 4.48. The number of amides is 1. The number of hydrogen-bond donors (Lipinski definition) is 2. The van der Waals surface area contributed by atoms with E-state index in [0.29, 0.717) is 5.69 Å². The molecule has 0 spiro atoms. The lowest BCUT2D eigenvalue weighted by Gasteiger charge is -2.28. The average molecular weight is 362 g/mol. The van der Waals surface area contributed by atoms with Crippen molar-refractivity contribution >= 4 is 11.7 Å². The van der Waals surface area contributed by atoms with Gasteiger partial charge in [0.1, 0.15) is 23.6 Å². The van der Waals surface area contributed by atoms with E-state index in [9.17, 15) is 18.0 Å². The van der Waals surface area contributed by atoms with Gasteiger partial charge in [-0.2, -0.15) is 0 Å². The number of amidine groups is 1. The second-order valence-corrected chi connectivity index (χ2v) is 6.24. The van der Waals surface area contributed by atoms with Crippen LogP contribution < -0.4 is 5.73 Å². The van der Waals surface area contributed by atoms with E-state index in [-0.39, 0.29) is 35.5 Å². The Morgan fingerprint density at radius 3 is 2.77 bits per heavy atom. The van der Waals surface area contributed by atoms with Crippen LogP contribution in [0.15, 0.2) is 30.5 Å². The fourth-order valence-electron chi connectivity index (χ4n) is 3.16. The third kappa shape index (κ3) is 3.26. The third-order valence-electron chi connectivity index (χ3n) is 4.48. The van der Waals surface area contributed by atoms with E-state index in [4.69, 9.17) is 11.1 Å². The molecule has 1 saturated heterocycles. The number of pyridine rings is 1. The lowest BCUT2D eigenvalue weighted by molar-refractivity contribution is 0.1000. The molecule has 136 valence electrons. The molecule has 1 fully saturated rings. The zero-order valence-electron chi connectivity index (χ0n) is 14.0. The molecule has 1 aromatic heterocycles. The van der Waals surface area contributed by atoms with Gasteiger partial charge in [0.15, 0.2) is 0 Å². The maximum Gasteiger partial charge on any atom is 0.250 e. The van der Waals surface area contributed by atoms with Crippen molar-refractivity contribution in [2.24, 2.45) is 5.73 Å². The van der Waals surface area contributed by atoms with Crippen LogP contribution in [-0.2, 0) is 0 Å². The van der Waals surface area contributed by atoms with Crippen molar-refractivity contribution in [1.82, 2.24) is 9.88 Å². The van der Waals surface area contributed by atoms with Gasteiger partial charge in [-0.15, -0.1) is 0 Å². The van der Waals surface area contributed by atoms with E-state index in [1.807, 2.05) is 0 Å². The van der Waals surface area contributed by atoms with Crippen molar-refractivity contribution in [1.29, 1.82) is 5.41 Å². The van der Waals surface area contributed by atoms with E-state index in [0.717, 1.165) is 18.2 Å². The van der Waals surface area contributed by atoms with Crippen molar-refractivity contribution in [3.05, 3.63) is 64.5 Å². The van der Waals surface area contributed by atoms with Gasteiger partial charge in [0.25, 0.3) is 0 Å². The van der Waals surface area contributed by atoms with Crippen molar-refractivity contribution in [2.45, 2.75) is 25.6 Å². The number of carbonyl (C=O) groups is 1. The number of likely N-dealkylation sites (tertiary alicyclic amines) is 1. The second kappa shape index (κ2) is 6.78. The monoisotopic (exact) mass is 362 g/mol. The topological polar surface area (TPSA) is 83.1 Å². The van der Waals surface area contributed by atoms with E-state index < -0.39 is 29.8 Å². The second-order valence-electron chi connectivity index (χ2n) is 6.24. The number of rotatable bonds is 3. The Labute approximate surface area is 148 Å². The molecule has 1 amide bonds. The fourth-order valence-corrected chi connectivity index (χ4v) is 3.16. The summed E-state index contributed by atoms with van der Waals surface area (Å²) in [5.41, 5.74) is 6.09. The molecule has 3 N–H and O–H groups in total. The van der Waals surface area contributed by atoms with Crippen molar-refractivity contribution in [3.8, 4) is 0 Å². The van der Waals surface area contributed by atoms with Crippen LogP contribution in [0.1, 0.15) is 39.6 Å². The number of aromatic nitrogens is 1. The average Bonchev–Trinajstić information content (AvgIpc) is 2.98. The van der Waals surface area contributed by atoms with Gasteiger partial charge < -0.3 is 10.6 Å². The molecule has 5 nitrogen and oxygen atoms in total. The Morgan fingerprint density at radius 2 is 2.08 bits per heavy atom. The number of carbonyl (C=O) groups excluding carboxylic acids is 1. The molecule has 2 atom stereocenters. The number of nitrogens with two attached hydrogens (primary N) is 1. The van der Waals surface area contributed by atoms with E-state index >= 15 is 0 Å². The summed E-state index contributed by atoms with van der Waals surface area (Å²) < 4.78 is 41.8. The summed E-state index contributed by atoms with van der Waals surface area (Å²) in [6, 6.07) is 3.56. The maximum atomic E-state index is 14.2. The van der Waals surface area contributed by atoms with Gasteiger partial charge in [0, 0.05) is 29.4 Å². The molecule has 0 saturated carbocycles. The lowest BCUT2D eigenvalue weighted by atomic mass is 10.0. The summed E-state index contributed by atoms with van der Waals surface area (Å²) in [7, 11) is 0. The number of nitrogens with one attached hydrogen (secondary N) is 1. The van der Waals surface area contributed by atoms with Crippen LogP contribution in [-0.4, -0.2) is 34.3 Å². The number of nitrogens with zero attached hydrogens (tertiary/aromatic N) is 2. The SMILES string of the molecule is Cc1ncc(C(N)=O)cc1C(=N)N1C[C@@H](F)C[C@@H]1c1cc(F)ccc1F. The smallest absolute Gasteiger partial charge is 0.250 e. The van der Waals surface area contributed by atoms with Crippen LogP contribution in [0.4, 0.5) is 13.2 Å². The minimum atomic E-state index is -1.30. The molecule has 0 unspecified atom stereocenters. The summed E-state index contributed by atoms with van der Waals surface area (Å²) in [5, 5.41) is 8.45. The first kappa shape index (κ1) is 17.9. The number of alkyl halides is 1. The Balaban J connectivity index is 2.01. The zero-order valence-corrected chi connectivity index (χ0v) is 14.0. The van der Waals surface area contributed by atoms with E-state index in [2.05, 4.69) is 4.98 Å². The maximum absolute atomic E-state index is 14.2. The van der Waals surface area contributed by atoms with Gasteiger partial charge in [-0.1, -0.05) is 0 Å². The highest BCUT2D eigenvalue weighted by molar-refractivity contribution is 6.01. The molecule has 1 aliphatic heterocycles. The number of aryl methyl sites for hydroxylation is 1. The van der Waals surface area contributed by atoms with Crippen molar-refractivity contribution in [2.75, 3.05) is 6.54 Å². The number of benzene rings is 1. The van der Waals surface area contributed by atoms with E-state index in [1.165, 1.54) is 17.2 Å². The number of halogens is 3. The summed E-state index contributed by atoms with van der Waals surface area (Å²) in [4.78, 5) is 16.8. The van der Waals surface area contributed by atoms with Gasteiger partial charge in [-0.25, -0.2) is 13.2 Å². The molecule has 2 aromatic rings. The first-order valence-electron chi connectivity index (χ1n) is 7.99. The van der Waals surface area contributed by atoms with Gasteiger partial charge >= 0.3 is 0 Å². The minimum Gasteiger partial charge on any atom is -0.366 e. The molecule has 0 aliphatic carbocycles. The molecule has 3 rings (SSSR count). The Kier molecular flexibility index (Phi) is 4.67. The van der Waals surface area contributed by atoms with Gasteiger partial charge in [0.2, 0.25) is 5.91 Å². The predicted molar refractivity (Wildman–Crippen MR) is 89.6 cm³/mol. The fraction of sp³-hybridized carbons (Fsp3) is 0.278. The molecule has 8 heteroatoms. The number of primary amides is 1. The molecular weight excluding hydrogens is 345 g/mol. The van der Waals surface area contributed by atoms with Crippen LogP contribution in [0.25, 0.3) is 0 Å². The van der Waals surface area contributed by atoms with Crippen molar-refractivity contribution in [3.63, 3.8) is 0 Å². The summed E-state index contributed by atoms with van der Waals surface area (Å²) in [6.45, 7) is 1.50. The molecular formula is C18H17F3N4O. The van der Waals surface area contributed by atoms with Crippen LogP contribution in [0.2, 0.25) is 0 Å². The van der Waals surface area contributed by atoms with Gasteiger partial charge in [-0.3, -0.25) is 15.2 Å². The Morgan fingerprint density at radius 1 is 1.35 bits per heavy atom. The normalized spacial score (nSPS) is 19.6. The quantitative estimate of drug-likeness (QED) is 0.651. The summed E-state index contributed by atoms with van der Waals surface area (Å²) >= 11 is 0. The number of hydrogen-bond acceptors (Lipinski definition) is 3. The van der Waals surface area contributed by atoms with Gasteiger partial charge in [-0.05, 0) is 31.2 Å². The predicted octanol–water partition coefficient (Wildman–Crippen LogP) is 2.88. The standard InChI is InChI=1S/C18H17F3N4O/c1-9-13(4-10(7-24-9)18(23)26)17(22)25-8-12(20)6-16(25)14-5-11(19)2-3-15(14)21/h2-5,7,12,16,22H,6,8H2,1H3,(H2,23,26)/t12-,16+/m0/s1. The van der Waals surface area contributed by atoms with Crippen LogP contribution in [0.5, 0.6) is 0 Å². The highest BCUT2D eigenvalue weighted by Gasteiger charge is 2.37. The molecule has 0 radical (unpaired) electrons. The molecule has 2 heterocycles. The molecule has 0 bridgehead atoms. The zero-order chi connectivity index (χ0) is 19.0. The highest BCUT2D eigenvalue weighted by Crippen LogP contribution is 2.36. The van der Waals surface area contributed by atoms with E-state index in [1.54, 1.807) is 6.92 Å². The van der Waals surface area contributed by atoms with Gasteiger partial charge in [0.05, 0.1) is 18.2 Å². The Hall–Kier alpha value is -2.90. The van der Waals surface area contributed by atoms with Crippen LogP contribution in [0, 0.1) is 24.0 Å².